The van der Waals surface area contributed by atoms with Gasteiger partial charge in [-0.25, -0.2) is 9.18 Å². The first-order chi connectivity index (χ1) is 19.5. The van der Waals surface area contributed by atoms with Crippen molar-refractivity contribution in [2.45, 2.75) is 58.3 Å². The molecule has 1 aliphatic rings. The van der Waals surface area contributed by atoms with Gasteiger partial charge in [-0.15, -0.1) is 0 Å². The summed E-state index contributed by atoms with van der Waals surface area (Å²) < 4.78 is 25.8. The average molecular weight is 573 g/mol. The van der Waals surface area contributed by atoms with Gasteiger partial charge in [0.25, 0.3) is 5.91 Å². The Kier molecular flexibility index (Phi) is 11.8. The van der Waals surface area contributed by atoms with Crippen LogP contribution in [-0.2, 0) is 4.74 Å². The number of amides is 3. The summed E-state index contributed by atoms with van der Waals surface area (Å²) in [6.45, 7) is 6.68. The summed E-state index contributed by atoms with van der Waals surface area (Å²) in [6.07, 6.45) is 2.03. The molecule has 4 atom stereocenters. The second-order valence-electron chi connectivity index (χ2n) is 11.2. The lowest BCUT2D eigenvalue weighted by Crippen LogP contribution is -2.48. The molecule has 0 saturated heterocycles. The highest BCUT2D eigenvalue weighted by Crippen LogP contribution is 2.29. The minimum Gasteiger partial charge on any atom is -0.490 e. The zero-order valence-corrected chi connectivity index (χ0v) is 25.1. The molecule has 1 aliphatic heterocycles. The fraction of sp³-hybridized carbons (Fsp3) is 0.548. The van der Waals surface area contributed by atoms with Crippen LogP contribution in [0.25, 0.3) is 0 Å². The van der Waals surface area contributed by atoms with Gasteiger partial charge in [0.2, 0.25) is 0 Å². The molecule has 2 N–H and O–H groups in total. The van der Waals surface area contributed by atoms with Crippen molar-refractivity contribution in [3.05, 3.63) is 53.8 Å². The number of nitrogens with one attached hydrogen (secondary N) is 1. The number of aliphatic hydroxyl groups is 1. The van der Waals surface area contributed by atoms with Gasteiger partial charge < -0.3 is 34.6 Å². The zero-order chi connectivity index (χ0) is 30.1. The van der Waals surface area contributed by atoms with Crippen molar-refractivity contribution in [3.63, 3.8) is 0 Å². The lowest BCUT2D eigenvalue weighted by Gasteiger charge is -2.36. The van der Waals surface area contributed by atoms with Crippen LogP contribution in [0.1, 0.15) is 50.4 Å². The number of hydrogen-bond donors (Lipinski definition) is 2. The number of carbonyl (C=O) groups is 2. The van der Waals surface area contributed by atoms with Gasteiger partial charge in [0, 0.05) is 58.1 Å². The molecule has 0 aliphatic carbocycles. The number of anilines is 2. The summed E-state index contributed by atoms with van der Waals surface area (Å²) in [7, 11) is 5.51. The van der Waals surface area contributed by atoms with E-state index in [2.05, 4.69) is 5.32 Å². The summed E-state index contributed by atoms with van der Waals surface area (Å²) in [4.78, 5) is 32.1. The molecule has 3 rings (SSSR count). The van der Waals surface area contributed by atoms with Gasteiger partial charge in [-0.1, -0.05) is 6.92 Å². The van der Waals surface area contributed by atoms with Crippen molar-refractivity contribution in [2.75, 3.05) is 57.7 Å². The van der Waals surface area contributed by atoms with Gasteiger partial charge in [-0.05, 0) is 75.6 Å². The highest BCUT2D eigenvalue weighted by atomic mass is 19.1. The largest absolute Gasteiger partial charge is 0.490 e. The standard InChI is InChI=1S/C31H45FN4O5/c1-21-18-36(22(2)20-37)30(38)27-17-26(34(4)5)14-15-28(27)41-23(3)9-7-8-16-40-29(21)19-35(6)31(39)33-25-12-10-24(32)11-13-25/h10-15,17,21-23,29,37H,7-9,16,18-20H2,1-6H3,(H,33,39)/t21-,22-,23-,29+/m0/s1. The second-order valence-corrected chi connectivity index (χ2v) is 11.2. The van der Waals surface area contributed by atoms with Crippen molar-refractivity contribution in [1.82, 2.24) is 9.80 Å². The van der Waals surface area contributed by atoms with E-state index >= 15 is 0 Å². The first-order valence-corrected chi connectivity index (χ1v) is 14.3. The number of hydrogen-bond acceptors (Lipinski definition) is 6. The van der Waals surface area contributed by atoms with Gasteiger partial charge in [-0.3, -0.25) is 4.79 Å². The van der Waals surface area contributed by atoms with Crippen LogP contribution in [0.3, 0.4) is 0 Å². The highest BCUT2D eigenvalue weighted by molar-refractivity contribution is 5.98. The Balaban J connectivity index is 1.87. The Morgan fingerprint density at radius 1 is 1.15 bits per heavy atom. The Morgan fingerprint density at radius 3 is 2.51 bits per heavy atom. The molecular weight excluding hydrogens is 527 g/mol. The van der Waals surface area contributed by atoms with Gasteiger partial charge in [0.1, 0.15) is 11.6 Å². The molecular formula is C31H45FN4O5. The maximum atomic E-state index is 14.1. The smallest absolute Gasteiger partial charge is 0.321 e. The molecule has 3 amide bonds. The van der Waals surface area contributed by atoms with E-state index in [1.807, 2.05) is 58.0 Å². The van der Waals surface area contributed by atoms with Crippen molar-refractivity contribution in [1.29, 1.82) is 0 Å². The summed E-state index contributed by atoms with van der Waals surface area (Å²) in [5.41, 5.74) is 1.80. The number of halogens is 1. The molecule has 226 valence electrons. The molecule has 2 aromatic rings. The predicted molar refractivity (Wildman–Crippen MR) is 159 cm³/mol. The zero-order valence-electron chi connectivity index (χ0n) is 25.1. The Morgan fingerprint density at radius 2 is 1.85 bits per heavy atom. The Labute approximate surface area is 243 Å². The minimum atomic E-state index is -0.453. The second kappa shape index (κ2) is 15.0. The molecule has 0 fully saturated rings. The summed E-state index contributed by atoms with van der Waals surface area (Å²) in [5.74, 6) is -0.256. The molecule has 10 heteroatoms. The van der Waals surface area contributed by atoms with Gasteiger partial charge in [-0.2, -0.15) is 0 Å². The molecule has 0 unspecified atom stereocenters. The molecule has 2 aromatic carbocycles. The molecule has 0 radical (unpaired) electrons. The number of nitrogens with zero attached hydrogens (tertiary/aromatic N) is 3. The van der Waals surface area contributed by atoms with Gasteiger partial charge in [0.05, 0.1) is 30.4 Å². The minimum absolute atomic E-state index is 0.102. The first kappa shape index (κ1) is 32.1. The summed E-state index contributed by atoms with van der Waals surface area (Å²) in [5, 5.41) is 12.9. The van der Waals surface area contributed by atoms with Crippen molar-refractivity contribution < 1.29 is 28.6 Å². The van der Waals surface area contributed by atoms with Crippen molar-refractivity contribution in [2.24, 2.45) is 5.92 Å². The SMILES string of the molecule is C[C@H]1CCCCO[C@H](CN(C)C(=O)Nc2ccc(F)cc2)[C@@H](C)CN([C@@H](C)CO)C(=O)c2cc(N(C)C)ccc2O1. The number of benzene rings is 2. The Hall–Kier alpha value is -3.37. The van der Waals surface area contributed by atoms with E-state index in [-0.39, 0.29) is 49.0 Å². The van der Waals surface area contributed by atoms with Crippen LogP contribution in [-0.4, -0.2) is 92.5 Å². The summed E-state index contributed by atoms with van der Waals surface area (Å²) in [6, 6.07) is 10.4. The fourth-order valence-corrected chi connectivity index (χ4v) is 4.76. The number of rotatable bonds is 6. The van der Waals surface area contributed by atoms with Crippen LogP contribution in [0, 0.1) is 11.7 Å². The number of aliphatic hydroxyl groups excluding tert-OH is 1. The molecule has 0 spiro atoms. The predicted octanol–water partition coefficient (Wildman–Crippen LogP) is 4.85. The van der Waals surface area contributed by atoms with Crippen LogP contribution in [0.4, 0.5) is 20.6 Å². The third kappa shape index (κ3) is 9.06. The van der Waals surface area contributed by atoms with E-state index in [1.54, 1.807) is 11.9 Å². The average Bonchev–Trinajstić information content (AvgIpc) is 2.94. The van der Waals surface area contributed by atoms with Crippen LogP contribution in [0.2, 0.25) is 0 Å². The van der Waals surface area contributed by atoms with Crippen LogP contribution in [0.5, 0.6) is 5.75 Å². The quantitative estimate of drug-likeness (QED) is 0.514. The summed E-state index contributed by atoms with van der Waals surface area (Å²) >= 11 is 0. The van der Waals surface area contributed by atoms with E-state index in [9.17, 15) is 19.1 Å². The van der Waals surface area contributed by atoms with Crippen LogP contribution in [0.15, 0.2) is 42.5 Å². The van der Waals surface area contributed by atoms with Crippen LogP contribution < -0.4 is 15.0 Å². The third-order valence-corrected chi connectivity index (χ3v) is 7.45. The topological polar surface area (TPSA) is 94.6 Å². The third-order valence-electron chi connectivity index (χ3n) is 7.45. The molecule has 1 heterocycles. The van der Waals surface area contributed by atoms with E-state index in [0.717, 1.165) is 24.9 Å². The normalized spacial score (nSPS) is 21.2. The molecule has 0 saturated carbocycles. The fourth-order valence-electron chi connectivity index (χ4n) is 4.76. The van der Waals surface area contributed by atoms with Crippen LogP contribution >= 0.6 is 0 Å². The van der Waals surface area contributed by atoms with E-state index < -0.39 is 6.04 Å². The highest BCUT2D eigenvalue weighted by Gasteiger charge is 2.31. The maximum absolute atomic E-state index is 14.1. The van der Waals surface area contributed by atoms with Gasteiger partial charge >= 0.3 is 6.03 Å². The number of fused-ring (bicyclic) bond motifs is 1. The number of urea groups is 1. The molecule has 9 nitrogen and oxygen atoms in total. The molecule has 41 heavy (non-hydrogen) atoms. The molecule has 0 bridgehead atoms. The lowest BCUT2D eigenvalue weighted by atomic mass is 10.0. The number of carbonyl (C=O) groups excluding carboxylic acids is 2. The number of ether oxygens (including phenoxy) is 2. The number of likely N-dealkylation sites (N-methyl/N-ethyl adjacent to an activating group) is 1. The van der Waals surface area contributed by atoms with E-state index in [1.165, 1.54) is 29.2 Å². The van der Waals surface area contributed by atoms with Crippen molar-refractivity contribution >= 4 is 23.3 Å². The molecule has 0 aromatic heterocycles. The van der Waals surface area contributed by atoms with Gasteiger partial charge in [0.15, 0.2) is 0 Å². The van der Waals surface area contributed by atoms with E-state index in [0.29, 0.717) is 30.2 Å². The maximum Gasteiger partial charge on any atom is 0.321 e. The lowest BCUT2D eigenvalue weighted by molar-refractivity contribution is -0.0115. The Bertz CT molecular complexity index is 1150. The first-order valence-electron chi connectivity index (χ1n) is 14.3. The monoisotopic (exact) mass is 572 g/mol. The van der Waals surface area contributed by atoms with E-state index in [4.69, 9.17) is 9.47 Å². The van der Waals surface area contributed by atoms with Crippen molar-refractivity contribution in [3.8, 4) is 5.75 Å².